The molecule has 1 heterocycles. The van der Waals surface area contributed by atoms with Gasteiger partial charge in [-0.3, -0.25) is 14.6 Å². The summed E-state index contributed by atoms with van der Waals surface area (Å²) in [5.74, 6) is 0.293. The largest absolute Gasteiger partial charge is 0.299 e. The predicted molar refractivity (Wildman–Crippen MR) is 106 cm³/mol. The number of halogens is 1. The molecule has 0 spiro atoms. The van der Waals surface area contributed by atoms with Crippen molar-refractivity contribution in [3.63, 3.8) is 0 Å². The Morgan fingerprint density at radius 3 is 2.42 bits per heavy atom. The van der Waals surface area contributed by atoms with Gasteiger partial charge in [0.1, 0.15) is 5.78 Å². The Bertz CT molecular complexity index is 847. The maximum atomic E-state index is 13.1. The lowest BCUT2D eigenvalue weighted by Crippen LogP contribution is -2.43. The molecule has 3 nitrogen and oxygen atoms in total. The van der Waals surface area contributed by atoms with Gasteiger partial charge < -0.3 is 0 Å². The second-order valence-corrected chi connectivity index (χ2v) is 9.81. The first-order chi connectivity index (χ1) is 12.2. The minimum absolute atomic E-state index is 0.0681. The molecule has 3 aliphatic rings. The number of rotatable bonds is 1. The number of carbonyl (C=O) groups is 2. The third-order valence-electron chi connectivity index (χ3n) is 5.86. The van der Waals surface area contributed by atoms with Crippen molar-refractivity contribution >= 4 is 33.2 Å². The van der Waals surface area contributed by atoms with Gasteiger partial charge in [0.15, 0.2) is 5.78 Å². The average Bonchev–Trinajstić information content (AvgIpc) is 2.52. The lowest BCUT2D eigenvalue weighted by atomic mass is 9.63. The van der Waals surface area contributed by atoms with Crippen LogP contribution in [0.3, 0.4) is 0 Å². The summed E-state index contributed by atoms with van der Waals surface area (Å²) in [6.07, 6.45) is 2.77. The number of ketones is 2. The Balaban J connectivity index is 1.89. The van der Waals surface area contributed by atoms with E-state index in [4.69, 9.17) is 4.99 Å². The number of fused-ring (bicyclic) bond motifs is 1. The van der Waals surface area contributed by atoms with Gasteiger partial charge in [0.2, 0.25) is 0 Å². The van der Waals surface area contributed by atoms with Crippen LogP contribution in [0.4, 0.5) is 0 Å². The molecule has 4 rings (SSSR count). The molecule has 0 radical (unpaired) electrons. The van der Waals surface area contributed by atoms with Crippen LogP contribution in [0, 0.1) is 17.3 Å². The summed E-state index contributed by atoms with van der Waals surface area (Å²) in [5.41, 5.74) is 3.69. The Kier molecular flexibility index (Phi) is 4.30. The molecule has 136 valence electrons. The third kappa shape index (κ3) is 3.02. The SMILES string of the molecule is CC1CC(=O)C2C(=NC3=C(C(=O)CC(C)(C)C3)C2c2ccc(Br)cc2)C1. The molecule has 0 amide bonds. The van der Waals surface area contributed by atoms with Crippen LogP contribution in [0.25, 0.3) is 0 Å². The highest BCUT2D eigenvalue weighted by Crippen LogP contribution is 2.50. The highest BCUT2D eigenvalue weighted by molar-refractivity contribution is 9.10. The monoisotopic (exact) mass is 413 g/mol. The Labute approximate surface area is 163 Å². The van der Waals surface area contributed by atoms with E-state index in [1.807, 2.05) is 24.3 Å². The van der Waals surface area contributed by atoms with E-state index in [0.717, 1.165) is 39.9 Å². The van der Waals surface area contributed by atoms with Crippen molar-refractivity contribution in [3.8, 4) is 0 Å². The molecule has 1 aromatic rings. The smallest absolute Gasteiger partial charge is 0.161 e. The molecule has 4 heteroatoms. The fraction of sp³-hybridized carbons (Fsp3) is 0.500. The number of carbonyl (C=O) groups excluding carboxylic acids is 2. The summed E-state index contributed by atoms with van der Waals surface area (Å²) in [6.45, 7) is 6.37. The van der Waals surface area contributed by atoms with Crippen molar-refractivity contribution in [1.29, 1.82) is 0 Å². The molecule has 1 aliphatic heterocycles. The van der Waals surface area contributed by atoms with Crippen LogP contribution in [0.2, 0.25) is 0 Å². The summed E-state index contributed by atoms with van der Waals surface area (Å²) in [4.78, 5) is 31.0. The van der Waals surface area contributed by atoms with Gasteiger partial charge in [-0.1, -0.05) is 48.8 Å². The Morgan fingerprint density at radius 2 is 1.73 bits per heavy atom. The van der Waals surface area contributed by atoms with E-state index in [-0.39, 0.29) is 28.8 Å². The van der Waals surface area contributed by atoms with E-state index in [2.05, 4.69) is 36.7 Å². The number of nitrogens with zero attached hydrogens (tertiary/aromatic N) is 1. The van der Waals surface area contributed by atoms with Gasteiger partial charge in [-0.05, 0) is 41.9 Å². The second kappa shape index (κ2) is 6.26. The zero-order valence-corrected chi connectivity index (χ0v) is 17.1. The molecular weight excluding hydrogens is 390 g/mol. The van der Waals surface area contributed by atoms with Crippen LogP contribution in [0.5, 0.6) is 0 Å². The lowest BCUT2D eigenvalue weighted by molar-refractivity contribution is -0.123. The summed E-state index contributed by atoms with van der Waals surface area (Å²) in [5, 5.41) is 0. The molecular formula is C22H24BrNO2. The van der Waals surface area contributed by atoms with Gasteiger partial charge in [-0.15, -0.1) is 0 Å². The molecule has 1 saturated carbocycles. The van der Waals surface area contributed by atoms with E-state index < -0.39 is 0 Å². The number of hydrogen-bond donors (Lipinski definition) is 0. The molecule has 1 aromatic carbocycles. The van der Waals surface area contributed by atoms with Gasteiger partial charge in [0, 0.05) is 40.2 Å². The highest BCUT2D eigenvalue weighted by atomic mass is 79.9. The van der Waals surface area contributed by atoms with Gasteiger partial charge in [0.05, 0.1) is 5.92 Å². The van der Waals surface area contributed by atoms with Crippen LogP contribution in [0.15, 0.2) is 45.0 Å². The Morgan fingerprint density at radius 1 is 1.04 bits per heavy atom. The number of allylic oxidation sites excluding steroid dienone is 2. The van der Waals surface area contributed by atoms with Crippen LogP contribution in [-0.4, -0.2) is 17.3 Å². The van der Waals surface area contributed by atoms with Gasteiger partial charge in [0.25, 0.3) is 0 Å². The van der Waals surface area contributed by atoms with E-state index in [0.29, 0.717) is 18.8 Å². The minimum Gasteiger partial charge on any atom is -0.299 e. The van der Waals surface area contributed by atoms with Crippen LogP contribution < -0.4 is 0 Å². The van der Waals surface area contributed by atoms with Crippen molar-refractivity contribution in [2.45, 2.75) is 52.4 Å². The fourth-order valence-electron chi connectivity index (χ4n) is 4.83. The predicted octanol–water partition coefficient (Wildman–Crippen LogP) is 5.25. The molecule has 0 bridgehead atoms. The minimum atomic E-state index is -0.267. The molecule has 0 saturated heterocycles. The second-order valence-electron chi connectivity index (χ2n) is 8.89. The molecule has 3 atom stereocenters. The zero-order chi connectivity index (χ0) is 18.6. The summed E-state index contributed by atoms with van der Waals surface area (Å²) < 4.78 is 1.000. The first-order valence-corrected chi connectivity index (χ1v) is 10.2. The molecule has 26 heavy (non-hydrogen) atoms. The molecule has 2 aliphatic carbocycles. The Hall–Kier alpha value is -1.55. The topological polar surface area (TPSA) is 46.5 Å². The van der Waals surface area contributed by atoms with Gasteiger partial charge in [-0.2, -0.15) is 0 Å². The zero-order valence-electron chi connectivity index (χ0n) is 15.5. The van der Waals surface area contributed by atoms with Gasteiger partial charge in [-0.25, -0.2) is 0 Å². The number of Topliss-reactive ketones (excluding diaryl/α,β-unsaturated/α-hetero) is 2. The lowest BCUT2D eigenvalue weighted by Gasteiger charge is -2.42. The van der Waals surface area contributed by atoms with Crippen molar-refractivity contribution in [2.24, 2.45) is 22.2 Å². The number of aliphatic imine (C=N–C) groups is 1. The highest BCUT2D eigenvalue weighted by Gasteiger charge is 2.47. The maximum Gasteiger partial charge on any atom is 0.161 e. The normalized spacial score (nSPS) is 30.6. The summed E-state index contributed by atoms with van der Waals surface area (Å²) in [7, 11) is 0. The summed E-state index contributed by atoms with van der Waals surface area (Å²) >= 11 is 3.48. The fourth-order valence-corrected chi connectivity index (χ4v) is 5.09. The van der Waals surface area contributed by atoms with Crippen molar-refractivity contribution in [1.82, 2.24) is 0 Å². The summed E-state index contributed by atoms with van der Waals surface area (Å²) in [6, 6.07) is 8.07. The third-order valence-corrected chi connectivity index (χ3v) is 6.39. The van der Waals surface area contributed by atoms with Gasteiger partial charge >= 0.3 is 0 Å². The van der Waals surface area contributed by atoms with Crippen molar-refractivity contribution < 1.29 is 9.59 Å². The number of benzene rings is 1. The molecule has 0 aromatic heterocycles. The number of hydrogen-bond acceptors (Lipinski definition) is 3. The first kappa shape index (κ1) is 17.8. The van der Waals surface area contributed by atoms with Crippen LogP contribution in [0.1, 0.15) is 57.9 Å². The molecule has 3 unspecified atom stereocenters. The van der Waals surface area contributed by atoms with Crippen molar-refractivity contribution in [2.75, 3.05) is 0 Å². The molecule has 0 N–H and O–H groups in total. The van der Waals surface area contributed by atoms with Crippen LogP contribution >= 0.6 is 15.9 Å². The maximum absolute atomic E-state index is 13.1. The van der Waals surface area contributed by atoms with E-state index in [1.165, 1.54) is 0 Å². The average molecular weight is 414 g/mol. The quantitative estimate of drug-likeness (QED) is 0.631. The van der Waals surface area contributed by atoms with E-state index in [1.54, 1.807) is 0 Å². The molecule has 1 fully saturated rings. The van der Waals surface area contributed by atoms with E-state index in [9.17, 15) is 9.59 Å². The van der Waals surface area contributed by atoms with Crippen molar-refractivity contribution in [3.05, 3.63) is 45.6 Å². The standard InChI is InChI=1S/C22H24BrNO2/c1-12-8-15-20(17(25)9-12)19(13-4-6-14(23)7-5-13)21-16(24-15)10-22(2,3)11-18(21)26/h4-7,12,19-20H,8-11H2,1-3H3. The van der Waals surface area contributed by atoms with Crippen LogP contribution in [-0.2, 0) is 9.59 Å². The van der Waals surface area contributed by atoms with E-state index >= 15 is 0 Å². The first-order valence-electron chi connectivity index (χ1n) is 9.37.